The van der Waals surface area contributed by atoms with Gasteiger partial charge in [-0.3, -0.25) is 9.59 Å². The maximum Gasteiger partial charge on any atom is 0.323 e. The zero-order valence-corrected chi connectivity index (χ0v) is 18.9. The zero-order valence-electron chi connectivity index (χ0n) is 18.1. The number of likely N-dealkylation sites (N-methyl/N-ethyl adjacent to an activating group) is 1. The van der Waals surface area contributed by atoms with Gasteiger partial charge >= 0.3 is 5.97 Å². The Balaban J connectivity index is 1.74. The van der Waals surface area contributed by atoms with Crippen molar-refractivity contribution < 1.29 is 19.1 Å². The Labute approximate surface area is 190 Å². The topological polar surface area (TPSA) is 73.7 Å². The summed E-state index contributed by atoms with van der Waals surface area (Å²) >= 11 is 1.55. The minimum Gasteiger partial charge on any atom is -0.480 e. The molecule has 1 aromatic heterocycles. The number of carboxylic acids is 1. The van der Waals surface area contributed by atoms with Crippen molar-refractivity contribution in [2.45, 2.75) is 26.3 Å². The molecule has 6 nitrogen and oxygen atoms in total. The van der Waals surface area contributed by atoms with Crippen molar-refractivity contribution in [3.8, 4) is 11.3 Å². The van der Waals surface area contributed by atoms with E-state index in [1.54, 1.807) is 35.6 Å². The molecule has 8 heteroatoms. The molecule has 1 amide bonds. The molecule has 0 aliphatic carbocycles. The SMILES string of the molecule is CCCCN(Cc1ccc(C(=O)N(C)CC(=O)O)cc1)c1nc(-c2ccc(F)cc2)cs1. The summed E-state index contributed by atoms with van der Waals surface area (Å²) in [6.07, 6.45) is 2.07. The van der Waals surface area contributed by atoms with Crippen LogP contribution in [0.2, 0.25) is 0 Å². The molecule has 0 radical (unpaired) electrons. The molecule has 1 heterocycles. The number of hydrogen-bond donors (Lipinski definition) is 1. The van der Waals surface area contributed by atoms with Crippen LogP contribution in [-0.4, -0.2) is 47.0 Å². The molecule has 168 valence electrons. The average Bonchev–Trinajstić information content (AvgIpc) is 3.26. The predicted octanol–water partition coefficient (Wildman–Crippen LogP) is 4.91. The first kappa shape index (κ1) is 23.4. The highest BCUT2D eigenvalue weighted by Crippen LogP contribution is 2.29. The summed E-state index contributed by atoms with van der Waals surface area (Å²) in [6, 6.07) is 13.5. The van der Waals surface area contributed by atoms with Gasteiger partial charge in [-0.15, -0.1) is 11.3 Å². The fourth-order valence-electron chi connectivity index (χ4n) is 3.22. The average molecular weight is 456 g/mol. The lowest BCUT2D eigenvalue weighted by atomic mass is 10.1. The summed E-state index contributed by atoms with van der Waals surface area (Å²) in [5.41, 5.74) is 3.16. The van der Waals surface area contributed by atoms with Gasteiger partial charge in [0, 0.05) is 36.6 Å². The van der Waals surface area contributed by atoms with E-state index in [1.165, 1.54) is 24.1 Å². The van der Waals surface area contributed by atoms with Gasteiger partial charge in [0.15, 0.2) is 5.13 Å². The lowest BCUT2D eigenvalue weighted by Crippen LogP contribution is -2.31. The summed E-state index contributed by atoms with van der Waals surface area (Å²) in [5.74, 6) is -1.65. The number of amides is 1. The molecule has 0 unspecified atom stereocenters. The Morgan fingerprint density at radius 2 is 1.78 bits per heavy atom. The molecular weight excluding hydrogens is 429 g/mol. The normalized spacial score (nSPS) is 10.7. The third kappa shape index (κ3) is 6.13. The summed E-state index contributed by atoms with van der Waals surface area (Å²) < 4.78 is 13.2. The second kappa shape index (κ2) is 10.9. The molecular formula is C24H26FN3O3S. The van der Waals surface area contributed by atoms with Crippen LogP contribution in [0.1, 0.15) is 35.7 Å². The molecule has 0 atom stereocenters. The molecule has 32 heavy (non-hydrogen) atoms. The van der Waals surface area contributed by atoms with Crippen molar-refractivity contribution in [3.05, 3.63) is 70.9 Å². The highest BCUT2D eigenvalue weighted by molar-refractivity contribution is 7.14. The summed E-state index contributed by atoms with van der Waals surface area (Å²) in [5, 5.41) is 11.7. The molecule has 0 bridgehead atoms. The molecule has 1 N–H and O–H groups in total. The van der Waals surface area contributed by atoms with E-state index in [9.17, 15) is 14.0 Å². The van der Waals surface area contributed by atoms with E-state index in [-0.39, 0.29) is 18.3 Å². The Hall–Kier alpha value is -3.26. The van der Waals surface area contributed by atoms with Crippen LogP contribution in [0.15, 0.2) is 53.9 Å². The van der Waals surface area contributed by atoms with Gasteiger partial charge in [-0.05, 0) is 48.4 Å². The number of nitrogens with zero attached hydrogens (tertiary/aromatic N) is 3. The number of carbonyl (C=O) groups excluding carboxylic acids is 1. The van der Waals surface area contributed by atoms with E-state index >= 15 is 0 Å². The molecule has 2 aromatic carbocycles. The van der Waals surface area contributed by atoms with Crippen LogP contribution in [-0.2, 0) is 11.3 Å². The van der Waals surface area contributed by atoms with Gasteiger partial charge < -0.3 is 14.9 Å². The quantitative estimate of drug-likeness (QED) is 0.470. The predicted molar refractivity (Wildman–Crippen MR) is 125 cm³/mol. The van der Waals surface area contributed by atoms with Crippen LogP contribution in [0.5, 0.6) is 0 Å². The Morgan fingerprint density at radius 3 is 2.41 bits per heavy atom. The van der Waals surface area contributed by atoms with Gasteiger partial charge in [-0.1, -0.05) is 25.5 Å². The maximum absolute atomic E-state index is 13.2. The van der Waals surface area contributed by atoms with Gasteiger partial charge in [0.05, 0.1) is 5.69 Å². The minimum absolute atomic E-state index is 0.273. The Bertz CT molecular complexity index is 1050. The first-order chi connectivity index (χ1) is 15.4. The zero-order chi connectivity index (χ0) is 23.1. The summed E-state index contributed by atoms with van der Waals surface area (Å²) in [4.78, 5) is 31.3. The third-order valence-electron chi connectivity index (χ3n) is 4.98. The molecule has 3 rings (SSSR count). The van der Waals surface area contributed by atoms with Crippen LogP contribution < -0.4 is 4.90 Å². The molecule has 0 spiro atoms. The van der Waals surface area contributed by atoms with Gasteiger partial charge in [-0.25, -0.2) is 9.37 Å². The fourth-order valence-corrected chi connectivity index (χ4v) is 4.08. The fraction of sp³-hybridized carbons (Fsp3) is 0.292. The summed E-state index contributed by atoms with van der Waals surface area (Å²) in [7, 11) is 1.47. The van der Waals surface area contributed by atoms with Crippen LogP contribution in [0.4, 0.5) is 9.52 Å². The van der Waals surface area contributed by atoms with E-state index in [4.69, 9.17) is 10.1 Å². The molecule has 0 saturated carbocycles. The number of anilines is 1. The number of hydrogen-bond acceptors (Lipinski definition) is 5. The standard InChI is InChI=1S/C24H26FN3O3S/c1-3-4-13-28(24-26-21(16-32-24)18-9-11-20(25)12-10-18)14-17-5-7-19(8-6-17)23(31)27(2)15-22(29)30/h5-12,16H,3-4,13-15H2,1-2H3,(H,29,30). The van der Waals surface area contributed by atoms with E-state index in [0.717, 1.165) is 41.3 Å². The number of rotatable bonds is 10. The van der Waals surface area contributed by atoms with Gasteiger partial charge in [-0.2, -0.15) is 0 Å². The van der Waals surface area contributed by atoms with E-state index in [1.807, 2.05) is 17.5 Å². The van der Waals surface area contributed by atoms with Crippen molar-refractivity contribution in [3.63, 3.8) is 0 Å². The molecule has 0 aliphatic heterocycles. The number of carboxylic acid groups (broad SMARTS) is 1. The minimum atomic E-state index is -1.05. The second-order valence-corrected chi connectivity index (χ2v) is 8.39. The lowest BCUT2D eigenvalue weighted by molar-refractivity contribution is -0.137. The van der Waals surface area contributed by atoms with E-state index in [0.29, 0.717) is 12.1 Å². The van der Waals surface area contributed by atoms with Crippen LogP contribution in [0.25, 0.3) is 11.3 Å². The lowest BCUT2D eigenvalue weighted by Gasteiger charge is -2.22. The van der Waals surface area contributed by atoms with Crippen LogP contribution in [0.3, 0.4) is 0 Å². The number of aliphatic carboxylic acids is 1. The number of aromatic nitrogens is 1. The summed E-state index contributed by atoms with van der Waals surface area (Å²) in [6.45, 7) is 3.27. The Morgan fingerprint density at radius 1 is 1.09 bits per heavy atom. The number of thiazole rings is 1. The van der Waals surface area contributed by atoms with Crippen LogP contribution >= 0.6 is 11.3 Å². The first-order valence-electron chi connectivity index (χ1n) is 10.4. The van der Waals surface area contributed by atoms with Crippen molar-refractivity contribution in [2.75, 3.05) is 25.0 Å². The van der Waals surface area contributed by atoms with Crippen molar-refractivity contribution in [2.24, 2.45) is 0 Å². The molecule has 0 fully saturated rings. The van der Waals surface area contributed by atoms with Gasteiger partial charge in [0.1, 0.15) is 12.4 Å². The molecule has 0 aliphatic rings. The van der Waals surface area contributed by atoms with Gasteiger partial charge in [0.25, 0.3) is 5.91 Å². The number of unbranched alkanes of at least 4 members (excludes halogenated alkanes) is 1. The third-order valence-corrected chi connectivity index (χ3v) is 5.88. The van der Waals surface area contributed by atoms with Crippen molar-refractivity contribution in [1.82, 2.24) is 9.88 Å². The number of benzene rings is 2. The highest BCUT2D eigenvalue weighted by atomic mass is 32.1. The largest absolute Gasteiger partial charge is 0.480 e. The molecule has 0 saturated heterocycles. The van der Waals surface area contributed by atoms with E-state index in [2.05, 4.69) is 11.8 Å². The first-order valence-corrected chi connectivity index (χ1v) is 11.3. The number of halogens is 1. The van der Waals surface area contributed by atoms with Crippen molar-refractivity contribution in [1.29, 1.82) is 0 Å². The monoisotopic (exact) mass is 455 g/mol. The van der Waals surface area contributed by atoms with Crippen LogP contribution in [0, 0.1) is 5.82 Å². The van der Waals surface area contributed by atoms with Crippen molar-refractivity contribution >= 4 is 28.3 Å². The molecule has 3 aromatic rings. The smallest absolute Gasteiger partial charge is 0.323 e. The number of carbonyl (C=O) groups is 2. The second-order valence-electron chi connectivity index (χ2n) is 7.55. The maximum atomic E-state index is 13.2. The highest BCUT2D eigenvalue weighted by Gasteiger charge is 2.16. The van der Waals surface area contributed by atoms with Gasteiger partial charge in [0.2, 0.25) is 0 Å². The Kier molecular flexibility index (Phi) is 7.94. The van der Waals surface area contributed by atoms with E-state index < -0.39 is 5.97 Å².